The molecule has 6 nitrogen and oxygen atoms in total. The summed E-state index contributed by atoms with van der Waals surface area (Å²) in [5.74, 6) is -1.03. The van der Waals surface area contributed by atoms with Crippen molar-refractivity contribution in [2.24, 2.45) is 0 Å². The zero-order valence-electron chi connectivity index (χ0n) is 12.3. The van der Waals surface area contributed by atoms with Crippen LogP contribution in [-0.4, -0.2) is 26.1 Å². The van der Waals surface area contributed by atoms with E-state index < -0.39 is 11.6 Å². The molecular weight excluding hydrogens is 384 g/mol. The maximum Gasteiger partial charge on any atom is 0.200 e. The molecular formula is C15H12BrF2N5O. The fourth-order valence-electron chi connectivity index (χ4n) is 2.69. The van der Waals surface area contributed by atoms with Gasteiger partial charge in [0.2, 0.25) is 4.73 Å². The van der Waals surface area contributed by atoms with Gasteiger partial charge in [0, 0.05) is 12.7 Å². The molecule has 1 fully saturated rings. The Morgan fingerprint density at radius 3 is 2.92 bits per heavy atom. The van der Waals surface area contributed by atoms with Crippen LogP contribution in [0.4, 0.5) is 20.3 Å². The van der Waals surface area contributed by atoms with E-state index in [1.807, 2.05) is 4.57 Å². The Balaban J connectivity index is 1.77. The van der Waals surface area contributed by atoms with E-state index in [2.05, 4.69) is 36.2 Å². The van der Waals surface area contributed by atoms with E-state index in [1.165, 1.54) is 12.1 Å². The van der Waals surface area contributed by atoms with Crippen molar-refractivity contribution in [2.45, 2.75) is 19.1 Å². The molecule has 9 heteroatoms. The number of fused-ring (bicyclic) bond motifs is 1. The Morgan fingerprint density at radius 2 is 2.17 bits per heavy atom. The van der Waals surface area contributed by atoms with Crippen LogP contribution in [0.15, 0.2) is 29.3 Å². The van der Waals surface area contributed by atoms with Gasteiger partial charge in [0.25, 0.3) is 0 Å². The van der Waals surface area contributed by atoms with E-state index >= 15 is 0 Å². The third kappa shape index (κ3) is 2.73. The molecule has 2 aromatic heterocycles. The van der Waals surface area contributed by atoms with Crippen molar-refractivity contribution in [1.82, 2.24) is 19.5 Å². The first kappa shape index (κ1) is 15.4. The van der Waals surface area contributed by atoms with Crippen LogP contribution >= 0.6 is 15.9 Å². The van der Waals surface area contributed by atoms with Gasteiger partial charge in [-0.3, -0.25) is 4.57 Å². The standard InChI is InChI=1S/C15H12BrF2N5O/c16-15-21-13(20-10-4-3-8(17)6-9(10)18)12-14(22-15)23(7-19-12)11-2-1-5-24-11/h3-4,6-7,11H,1-2,5H2,(H,20,21,22). The molecule has 1 aromatic carbocycles. The minimum Gasteiger partial charge on any atom is -0.358 e. The first-order valence-corrected chi connectivity index (χ1v) is 8.15. The van der Waals surface area contributed by atoms with E-state index in [4.69, 9.17) is 4.74 Å². The smallest absolute Gasteiger partial charge is 0.200 e. The number of hydrogen-bond donors (Lipinski definition) is 1. The van der Waals surface area contributed by atoms with E-state index in [0.717, 1.165) is 18.9 Å². The van der Waals surface area contributed by atoms with Gasteiger partial charge in [-0.1, -0.05) is 0 Å². The number of imidazole rings is 1. The summed E-state index contributed by atoms with van der Waals surface area (Å²) in [4.78, 5) is 12.9. The van der Waals surface area contributed by atoms with Gasteiger partial charge in [-0.2, -0.15) is 0 Å². The second-order valence-electron chi connectivity index (χ2n) is 5.38. The van der Waals surface area contributed by atoms with Gasteiger partial charge in [0.05, 0.1) is 12.0 Å². The van der Waals surface area contributed by atoms with Crippen LogP contribution < -0.4 is 5.32 Å². The summed E-state index contributed by atoms with van der Waals surface area (Å²) >= 11 is 3.26. The van der Waals surface area contributed by atoms with Crippen molar-refractivity contribution in [3.63, 3.8) is 0 Å². The fraction of sp³-hybridized carbons (Fsp3) is 0.267. The van der Waals surface area contributed by atoms with Crippen molar-refractivity contribution in [3.05, 3.63) is 40.9 Å². The molecule has 3 aromatic rings. The average Bonchev–Trinajstić information content (AvgIpc) is 3.18. The van der Waals surface area contributed by atoms with Crippen molar-refractivity contribution < 1.29 is 13.5 Å². The molecule has 1 saturated heterocycles. The fourth-order valence-corrected chi connectivity index (χ4v) is 3.03. The monoisotopic (exact) mass is 395 g/mol. The van der Waals surface area contributed by atoms with E-state index in [9.17, 15) is 8.78 Å². The van der Waals surface area contributed by atoms with Gasteiger partial charge in [-0.05, 0) is 40.9 Å². The van der Waals surface area contributed by atoms with Crippen LogP contribution in [0.1, 0.15) is 19.1 Å². The van der Waals surface area contributed by atoms with E-state index in [-0.39, 0.29) is 11.9 Å². The molecule has 1 N–H and O–H groups in total. The topological polar surface area (TPSA) is 64.9 Å². The summed E-state index contributed by atoms with van der Waals surface area (Å²) in [5, 5.41) is 2.85. The Bertz CT molecular complexity index is 910. The first-order chi connectivity index (χ1) is 11.6. The molecule has 24 heavy (non-hydrogen) atoms. The van der Waals surface area contributed by atoms with E-state index in [0.29, 0.717) is 28.3 Å². The van der Waals surface area contributed by atoms with Crippen LogP contribution in [0.5, 0.6) is 0 Å². The average molecular weight is 396 g/mol. The molecule has 3 heterocycles. The summed E-state index contributed by atoms with van der Waals surface area (Å²) in [5.41, 5.74) is 1.17. The molecule has 0 radical (unpaired) electrons. The van der Waals surface area contributed by atoms with Crippen LogP contribution in [0, 0.1) is 11.6 Å². The molecule has 1 atom stereocenters. The summed E-state index contributed by atoms with van der Waals surface area (Å²) in [6.07, 6.45) is 3.37. The highest BCUT2D eigenvalue weighted by molar-refractivity contribution is 9.10. The maximum absolute atomic E-state index is 13.9. The van der Waals surface area contributed by atoms with Crippen LogP contribution in [-0.2, 0) is 4.74 Å². The van der Waals surface area contributed by atoms with Crippen molar-refractivity contribution in [1.29, 1.82) is 0 Å². The number of benzene rings is 1. The highest BCUT2D eigenvalue weighted by Crippen LogP contribution is 2.30. The Labute approximate surface area is 144 Å². The number of halogens is 3. The predicted octanol–water partition coefficient (Wildman–Crippen LogP) is 3.92. The van der Waals surface area contributed by atoms with Gasteiger partial charge in [-0.25, -0.2) is 23.7 Å². The van der Waals surface area contributed by atoms with Crippen LogP contribution in [0.2, 0.25) is 0 Å². The Kier molecular flexibility index (Phi) is 3.89. The molecule has 4 rings (SSSR count). The van der Waals surface area contributed by atoms with Gasteiger partial charge in [0.1, 0.15) is 17.9 Å². The Morgan fingerprint density at radius 1 is 1.29 bits per heavy atom. The largest absolute Gasteiger partial charge is 0.358 e. The number of ether oxygens (including phenoxy) is 1. The predicted molar refractivity (Wildman–Crippen MR) is 86.9 cm³/mol. The SMILES string of the molecule is Fc1ccc(Nc2nc(Br)nc3c2ncn3C2CCCO2)c(F)c1. The second-order valence-corrected chi connectivity index (χ2v) is 6.09. The minimum atomic E-state index is -0.712. The highest BCUT2D eigenvalue weighted by atomic mass is 79.9. The second kappa shape index (κ2) is 6.06. The Hall–Kier alpha value is -2.13. The zero-order valence-corrected chi connectivity index (χ0v) is 13.9. The third-order valence-corrected chi connectivity index (χ3v) is 4.15. The molecule has 0 bridgehead atoms. The van der Waals surface area contributed by atoms with Crippen molar-refractivity contribution >= 4 is 38.6 Å². The number of nitrogens with one attached hydrogen (secondary N) is 1. The molecule has 0 aliphatic carbocycles. The lowest BCUT2D eigenvalue weighted by Crippen LogP contribution is -2.07. The number of aromatic nitrogens is 4. The summed E-state index contributed by atoms with van der Waals surface area (Å²) in [7, 11) is 0. The molecule has 0 saturated carbocycles. The number of rotatable bonds is 3. The molecule has 1 aliphatic heterocycles. The first-order valence-electron chi connectivity index (χ1n) is 7.35. The highest BCUT2D eigenvalue weighted by Gasteiger charge is 2.22. The number of nitrogens with zero attached hydrogens (tertiary/aromatic N) is 4. The number of anilines is 2. The summed E-state index contributed by atoms with van der Waals surface area (Å²) in [6.45, 7) is 0.697. The summed E-state index contributed by atoms with van der Waals surface area (Å²) in [6, 6.07) is 3.29. The van der Waals surface area contributed by atoms with E-state index in [1.54, 1.807) is 6.33 Å². The van der Waals surface area contributed by atoms with Crippen molar-refractivity contribution in [3.8, 4) is 0 Å². The normalized spacial score (nSPS) is 17.5. The lowest BCUT2D eigenvalue weighted by Gasteiger charge is -2.12. The lowest BCUT2D eigenvalue weighted by atomic mass is 10.3. The van der Waals surface area contributed by atoms with Gasteiger partial charge >= 0.3 is 0 Å². The van der Waals surface area contributed by atoms with Gasteiger partial charge < -0.3 is 10.1 Å². The van der Waals surface area contributed by atoms with Crippen LogP contribution in [0.3, 0.4) is 0 Å². The lowest BCUT2D eigenvalue weighted by molar-refractivity contribution is 0.0592. The number of hydrogen-bond acceptors (Lipinski definition) is 5. The minimum absolute atomic E-state index is 0.106. The third-order valence-electron chi connectivity index (χ3n) is 3.79. The molecule has 0 amide bonds. The summed E-state index contributed by atoms with van der Waals surface area (Å²) < 4.78 is 34.8. The quantitative estimate of drug-likeness (QED) is 0.680. The van der Waals surface area contributed by atoms with Gasteiger partial charge in [-0.15, -0.1) is 0 Å². The molecule has 0 spiro atoms. The molecule has 1 unspecified atom stereocenters. The maximum atomic E-state index is 13.9. The van der Waals surface area contributed by atoms with Crippen molar-refractivity contribution in [2.75, 3.05) is 11.9 Å². The zero-order chi connectivity index (χ0) is 16.7. The van der Waals surface area contributed by atoms with Crippen LogP contribution in [0.25, 0.3) is 11.2 Å². The van der Waals surface area contributed by atoms with Gasteiger partial charge in [0.15, 0.2) is 17.0 Å². The molecule has 124 valence electrons. The molecule has 1 aliphatic rings.